The molecule has 1 N–H and O–H groups in total. The molecule has 1 heterocycles. The Bertz CT molecular complexity index is 3050. The van der Waals surface area contributed by atoms with Gasteiger partial charge in [-0.15, -0.1) is 17.7 Å². The summed E-state index contributed by atoms with van der Waals surface area (Å²) in [4.78, 5) is 23.2. The van der Waals surface area contributed by atoms with Gasteiger partial charge in [0.1, 0.15) is 20.2 Å². The molecule has 66 heavy (non-hydrogen) atoms. The second-order valence-corrected chi connectivity index (χ2v) is 18.2. The number of hydrogen-bond donors (Lipinski definition) is 1. The first-order valence-corrected chi connectivity index (χ1v) is 22.9. The fourth-order valence-corrected chi connectivity index (χ4v) is 7.67. The summed E-state index contributed by atoms with van der Waals surface area (Å²) < 4.78 is 133. The number of carboxylic acid groups (broad SMARTS) is 1. The average Bonchev–Trinajstić information content (AvgIpc) is 3.18. The van der Waals surface area contributed by atoms with E-state index < -0.39 is 114 Å². The van der Waals surface area contributed by atoms with Crippen LogP contribution in [-0.2, 0) is 61.7 Å². The van der Waals surface area contributed by atoms with E-state index in [0.29, 0.717) is 24.3 Å². The van der Waals surface area contributed by atoms with E-state index in [2.05, 4.69) is 44.9 Å². The number of aromatic nitrogens is 3. The van der Waals surface area contributed by atoms with Crippen LogP contribution in [0.5, 0.6) is 5.75 Å². The molecule has 0 fully saturated rings. The topological polar surface area (TPSA) is 382 Å². The van der Waals surface area contributed by atoms with Crippen LogP contribution in [0, 0.1) is 6.17 Å². The molecule has 5 aromatic rings. The number of aromatic carboxylic acids is 1. The van der Waals surface area contributed by atoms with Crippen molar-refractivity contribution in [3.8, 4) is 5.75 Å². The van der Waals surface area contributed by atoms with E-state index in [1.807, 2.05) is 0 Å². The van der Waals surface area contributed by atoms with E-state index in [4.69, 9.17) is 11.6 Å². The molecule has 0 aliphatic rings. The van der Waals surface area contributed by atoms with Crippen LogP contribution in [0.15, 0.2) is 120 Å². The van der Waals surface area contributed by atoms with Crippen molar-refractivity contribution in [2.24, 2.45) is 20.5 Å². The van der Waals surface area contributed by atoms with Crippen LogP contribution in [-0.4, -0.2) is 87.2 Å². The van der Waals surface area contributed by atoms with E-state index in [9.17, 15) is 62.3 Å². The van der Waals surface area contributed by atoms with Crippen LogP contribution >= 0.6 is 11.6 Å². The molecular weight excluding hydrogens is 1060 g/mol. The molecular formula is C33H25ClCuN9Na3O15S4. The molecule has 0 atom stereocenters. The summed E-state index contributed by atoms with van der Waals surface area (Å²) in [6.07, 6.45) is -0.475. The van der Waals surface area contributed by atoms with Crippen LogP contribution in [0.3, 0.4) is 0 Å². The first kappa shape index (κ1) is 61.3. The van der Waals surface area contributed by atoms with Crippen molar-refractivity contribution in [3.63, 3.8) is 0 Å². The number of nitrogens with one attached hydrogen (secondary N) is 1. The normalized spacial score (nSPS) is 11.7. The minimum absolute atomic E-state index is 0. The van der Waals surface area contributed by atoms with Gasteiger partial charge in [0, 0.05) is 23.5 Å². The Morgan fingerprint density at radius 2 is 1.35 bits per heavy atom. The van der Waals surface area contributed by atoms with Gasteiger partial charge >= 0.3 is 107 Å². The van der Waals surface area contributed by atoms with Gasteiger partial charge in [0.05, 0.1) is 50.6 Å². The predicted octanol–water partition coefficient (Wildman–Crippen LogP) is -6.55. The number of azo groups is 2. The maximum Gasteiger partial charge on any atom is 2.00 e. The quantitative estimate of drug-likeness (QED) is 0.0280. The standard InChI is InChI=1S/C33H29ClN9O15S4.Cu.3Na/c1-2-43(20-8-10-21(11-9-20)59(47,48)15-14-58-62(55,56)57)33-37-31(34)36-32(38-33)35-26-17-23(61(52,53)54)18-27(28(26)44)40-42-29(19-6-4-3-5-7-19)41-39-25-16-22(60(49,50)51)12-13-24(25)30(45)46;;;;/h3-13,16-18,44H,2,14-15H2,1H3,(H,45,46)(H,49,50,51)(H,52,53,54)(H,55,56,57)(H,35,36,37,38);;;;/q-1;+2;3*+1/p-4. The summed E-state index contributed by atoms with van der Waals surface area (Å²) in [5, 5.41) is 42.6. The second-order valence-electron chi connectivity index (χ2n) is 11.9. The molecule has 0 saturated carbocycles. The summed E-state index contributed by atoms with van der Waals surface area (Å²) in [6.45, 7) is 0.835. The largest absolute Gasteiger partial charge is 2.00 e. The number of benzene rings is 4. The Labute approximate surface area is 460 Å². The number of halogens is 1. The van der Waals surface area contributed by atoms with Crippen molar-refractivity contribution in [3.05, 3.63) is 108 Å². The Kier molecular flexibility index (Phi) is 23.9. The number of hydrogen-bond acceptors (Lipinski definition) is 24. The first-order valence-electron chi connectivity index (χ1n) is 16.7. The van der Waals surface area contributed by atoms with E-state index in [-0.39, 0.29) is 136 Å². The number of sulfone groups is 1. The van der Waals surface area contributed by atoms with Crippen molar-refractivity contribution in [2.45, 2.75) is 21.6 Å². The Hall–Kier alpha value is -2.72. The second kappa shape index (κ2) is 25.8. The van der Waals surface area contributed by atoms with Crippen molar-refractivity contribution in [1.82, 2.24) is 15.0 Å². The van der Waals surface area contributed by atoms with Crippen LogP contribution in [0.25, 0.3) is 0 Å². The van der Waals surface area contributed by atoms with Gasteiger partial charge in [-0.25, -0.2) is 33.7 Å². The molecule has 1 aromatic heterocycles. The van der Waals surface area contributed by atoms with E-state index in [1.165, 1.54) is 53.4 Å². The smallest absolute Gasteiger partial charge is 0.870 e. The molecule has 0 spiro atoms. The van der Waals surface area contributed by atoms with Gasteiger partial charge < -0.3 is 38.9 Å². The van der Waals surface area contributed by atoms with E-state index >= 15 is 0 Å². The molecule has 4 aromatic carbocycles. The van der Waals surface area contributed by atoms with Crippen molar-refractivity contribution in [1.29, 1.82) is 0 Å². The van der Waals surface area contributed by atoms with Crippen LogP contribution in [0.2, 0.25) is 5.28 Å². The van der Waals surface area contributed by atoms with Crippen LogP contribution in [0.4, 0.5) is 34.6 Å². The summed E-state index contributed by atoms with van der Waals surface area (Å²) >= 11 is 6.17. The molecule has 1 radical (unpaired) electrons. The van der Waals surface area contributed by atoms with Gasteiger partial charge in [0.2, 0.25) is 27.6 Å². The Morgan fingerprint density at radius 1 is 0.788 bits per heavy atom. The number of carbonyl (C=O) groups excluding carboxylic acids is 1. The van der Waals surface area contributed by atoms with Gasteiger partial charge in [-0.05, 0) is 73.1 Å². The van der Waals surface area contributed by atoms with Gasteiger partial charge in [-0.2, -0.15) is 47.5 Å². The number of nitrogens with zero attached hydrogens (tertiary/aromatic N) is 8. The zero-order valence-corrected chi connectivity index (χ0v) is 45.2. The summed E-state index contributed by atoms with van der Waals surface area (Å²) in [7, 11) is -19.6. The van der Waals surface area contributed by atoms with Gasteiger partial charge in [-0.1, -0.05) is 11.8 Å². The molecule has 0 saturated heterocycles. The molecule has 5 rings (SSSR count). The SMILES string of the molecule is CCN(c1ccc(S(=O)(=O)CCOS(=O)(=O)[O-])cc1)c1nc(Cl)nc(Nc2cc(S(=O)(=O)[O-])cc(N=N[C-](N=Nc3cc(S(=O)(=O)[O-])ccc3C(=O)[O-])c3ccccc3)c2[O-])n1.[Cu+2].[H+].[Na+].[Na+].[Na+]. The predicted molar refractivity (Wildman–Crippen MR) is 206 cm³/mol. The third-order valence-electron chi connectivity index (χ3n) is 7.83. The molecule has 0 aliphatic heterocycles. The summed E-state index contributed by atoms with van der Waals surface area (Å²) in [5.41, 5.74) is -2.35. The summed E-state index contributed by atoms with van der Waals surface area (Å²) in [5.74, 6) is -4.40. The number of carboxylic acids is 1. The molecule has 0 amide bonds. The van der Waals surface area contributed by atoms with E-state index in [1.54, 1.807) is 13.0 Å². The fraction of sp³-hybridized carbons (Fsp3) is 0.121. The Balaban J connectivity index is 0.00000871. The van der Waals surface area contributed by atoms with Crippen LogP contribution in [0.1, 0.15) is 24.3 Å². The minimum atomic E-state index is -5.31. The number of rotatable bonds is 18. The zero-order chi connectivity index (χ0) is 45.6. The van der Waals surface area contributed by atoms with Crippen LogP contribution < -0.4 is 109 Å². The zero-order valence-electron chi connectivity index (χ0n) is 35.2. The maximum absolute atomic E-state index is 13.7. The molecule has 0 bridgehead atoms. The molecule has 33 heteroatoms. The van der Waals surface area contributed by atoms with Gasteiger partial charge in [-0.3, -0.25) is 4.18 Å². The number of carbonyl (C=O) groups is 1. The average molecular weight is 1080 g/mol. The van der Waals surface area contributed by atoms with Gasteiger partial charge in [0.25, 0.3) is 0 Å². The van der Waals surface area contributed by atoms with Crippen molar-refractivity contribution in [2.75, 3.05) is 29.1 Å². The van der Waals surface area contributed by atoms with Crippen molar-refractivity contribution >= 4 is 92.7 Å². The summed E-state index contributed by atoms with van der Waals surface area (Å²) in [6, 6.07) is 15.7. The monoisotopic (exact) mass is 1080 g/mol. The maximum atomic E-state index is 13.7. The third-order valence-corrected chi connectivity index (χ3v) is 11.8. The van der Waals surface area contributed by atoms with Crippen molar-refractivity contribution < 1.29 is 174 Å². The third kappa shape index (κ3) is 17.0. The minimum Gasteiger partial charge on any atom is -0.870 e. The Morgan fingerprint density at radius 3 is 1.89 bits per heavy atom. The molecule has 0 unspecified atom stereocenters. The number of anilines is 4. The first-order chi connectivity index (χ1) is 28.9. The molecule has 0 aliphatic carbocycles. The molecule has 24 nitrogen and oxygen atoms in total. The fourth-order valence-electron chi connectivity index (χ4n) is 5.02. The van der Waals surface area contributed by atoms with Gasteiger partial charge in [0.15, 0.2) is 9.84 Å². The molecule has 337 valence electrons. The van der Waals surface area contributed by atoms with E-state index in [0.717, 1.165) is 6.07 Å².